The van der Waals surface area contributed by atoms with Gasteiger partial charge in [0.05, 0.1) is 17.8 Å². The number of halogens is 1. The van der Waals surface area contributed by atoms with E-state index >= 15 is 0 Å². The highest BCUT2D eigenvalue weighted by molar-refractivity contribution is 6.32. The molecule has 1 aromatic heterocycles. The zero-order valence-corrected chi connectivity index (χ0v) is 10.9. The molecule has 0 atom stereocenters. The highest BCUT2D eigenvalue weighted by atomic mass is 35.5. The van der Waals surface area contributed by atoms with Gasteiger partial charge in [0.1, 0.15) is 0 Å². The summed E-state index contributed by atoms with van der Waals surface area (Å²) in [6, 6.07) is 3.83. The van der Waals surface area contributed by atoms with Crippen LogP contribution < -0.4 is 14.8 Å². The summed E-state index contributed by atoms with van der Waals surface area (Å²) in [7, 11) is 0. The molecule has 100 valence electrons. The molecule has 1 aromatic carbocycles. The molecule has 2 aromatic rings. The first-order valence-electron chi connectivity index (χ1n) is 5.96. The van der Waals surface area contributed by atoms with Crippen LogP contribution in [-0.2, 0) is 13.1 Å². The third kappa shape index (κ3) is 2.80. The van der Waals surface area contributed by atoms with Crippen LogP contribution >= 0.6 is 11.6 Å². The molecule has 0 radical (unpaired) electrons. The number of nitrogens with zero attached hydrogens (tertiary/aromatic N) is 3. The van der Waals surface area contributed by atoms with E-state index in [0.29, 0.717) is 23.1 Å². The van der Waals surface area contributed by atoms with Crippen LogP contribution in [0, 0.1) is 0 Å². The van der Waals surface area contributed by atoms with E-state index in [1.54, 1.807) is 10.9 Å². The van der Waals surface area contributed by atoms with E-state index in [2.05, 4.69) is 15.6 Å². The van der Waals surface area contributed by atoms with Crippen LogP contribution in [0.4, 0.5) is 0 Å². The number of rotatable bonds is 5. The van der Waals surface area contributed by atoms with Gasteiger partial charge < -0.3 is 14.8 Å². The molecule has 6 nitrogen and oxygen atoms in total. The Kier molecular flexibility index (Phi) is 3.52. The average molecular weight is 281 g/mol. The molecule has 19 heavy (non-hydrogen) atoms. The molecule has 0 aliphatic carbocycles. The SMILES string of the molecule is Clc1cc(CNCCn2ccnn2)cc2c1OCO2. The minimum atomic E-state index is 0.234. The molecule has 0 spiro atoms. The molecule has 0 saturated carbocycles. The first kappa shape index (κ1) is 12.3. The van der Waals surface area contributed by atoms with Crippen LogP contribution in [0.1, 0.15) is 5.56 Å². The average Bonchev–Trinajstić information content (AvgIpc) is 3.05. The maximum Gasteiger partial charge on any atom is 0.231 e. The summed E-state index contributed by atoms with van der Waals surface area (Å²) in [4.78, 5) is 0. The summed E-state index contributed by atoms with van der Waals surface area (Å²) in [5.74, 6) is 1.34. The molecule has 3 rings (SSSR count). The van der Waals surface area contributed by atoms with Crippen molar-refractivity contribution in [3.63, 3.8) is 0 Å². The molecule has 0 amide bonds. The quantitative estimate of drug-likeness (QED) is 0.840. The fraction of sp³-hybridized carbons (Fsp3) is 0.333. The normalized spacial score (nSPS) is 12.9. The Labute approximate surface area is 115 Å². The van der Waals surface area contributed by atoms with Crippen molar-refractivity contribution in [3.05, 3.63) is 35.1 Å². The van der Waals surface area contributed by atoms with E-state index in [0.717, 1.165) is 18.7 Å². The number of aromatic nitrogens is 3. The minimum Gasteiger partial charge on any atom is -0.454 e. The van der Waals surface area contributed by atoms with Crippen LogP contribution in [0.3, 0.4) is 0 Å². The third-order valence-corrected chi connectivity index (χ3v) is 3.09. The van der Waals surface area contributed by atoms with Gasteiger partial charge in [0.2, 0.25) is 6.79 Å². The van der Waals surface area contributed by atoms with E-state index in [1.165, 1.54) is 0 Å². The summed E-state index contributed by atoms with van der Waals surface area (Å²) in [6.07, 6.45) is 3.50. The summed E-state index contributed by atoms with van der Waals surface area (Å²) >= 11 is 6.11. The highest BCUT2D eigenvalue weighted by Gasteiger charge is 2.17. The van der Waals surface area contributed by atoms with E-state index < -0.39 is 0 Å². The standard InChI is InChI=1S/C12H13ClN4O2/c13-10-5-9(6-11-12(10)19-8-18-11)7-14-1-3-17-4-2-15-16-17/h2,4-6,14H,1,3,7-8H2. The minimum absolute atomic E-state index is 0.234. The summed E-state index contributed by atoms with van der Waals surface area (Å²) in [6.45, 7) is 2.52. The fourth-order valence-electron chi connectivity index (χ4n) is 1.90. The van der Waals surface area contributed by atoms with Gasteiger partial charge in [-0.25, -0.2) is 0 Å². The third-order valence-electron chi connectivity index (χ3n) is 2.81. The van der Waals surface area contributed by atoms with Crippen LogP contribution in [0.2, 0.25) is 5.02 Å². The van der Waals surface area contributed by atoms with Gasteiger partial charge >= 0.3 is 0 Å². The van der Waals surface area contributed by atoms with E-state index in [1.807, 2.05) is 18.3 Å². The molecule has 0 saturated heterocycles. The molecule has 0 bridgehead atoms. The lowest BCUT2D eigenvalue weighted by Gasteiger charge is -2.07. The van der Waals surface area contributed by atoms with Gasteiger partial charge in [0, 0.05) is 19.3 Å². The Bertz CT molecular complexity index is 559. The molecule has 1 aliphatic rings. The molecule has 0 fully saturated rings. The molecule has 7 heteroatoms. The number of nitrogens with one attached hydrogen (secondary N) is 1. The Balaban J connectivity index is 1.54. The predicted molar refractivity (Wildman–Crippen MR) is 69.3 cm³/mol. The lowest BCUT2D eigenvalue weighted by Crippen LogP contribution is -2.19. The highest BCUT2D eigenvalue weighted by Crippen LogP contribution is 2.39. The Morgan fingerprint density at radius 3 is 3.16 bits per heavy atom. The van der Waals surface area contributed by atoms with Gasteiger partial charge in [0.25, 0.3) is 0 Å². The largest absolute Gasteiger partial charge is 0.454 e. The number of benzene rings is 1. The van der Waals surface area contributed by atoms with Gasteiger partial charge in [-0.3, -0.25) is 4.68 Å². The van der Waals surface area contributed by atoms with Crippen molar-refractivity contribution in [2.24, 2.45) is 0 Å². The Morgan fingerprint density at radius 2 is 2.32 bits per heavy atom. The molecular weight excluding hydrogens is 268 g/mol. The van der Waals surface area contributed by atoms with E-state index in [-0.39, 0.29) is 6.79 Å². The van der Waals surface area contributed by atoms with Gasteiger partial charge in [-0.1, -0.05) is 16.8 Å². The van der Waals surface area contributed by atoms with Crippen molar-refractivity contribution >= 4 is 11.6 Å². The number of fused-ring (bicyclic) bond motifs is 1. The molecule has 1 aliphatic heterocycles. The first-order valence-corrected chi connectivity index (χ1v) is 6.33. The fourth-order valence-corrected chi connectivity index (χ4v) is 2.19. The van der Waals surface area contributed by atoms with Gasteiger partial charge in [-0.05, 0) is 17.7 Å². The predicted octanol–water partition coefficient (Wildman–Crippen LogP) is 1.45. The zero-order chi connectivity index (χ0) is 13.1. The zero-order valence-electron chi connectivity index (χ0n) is 10.2. The first-order chi connectivity index (χ1) is 9.33. The summed E-state index contributed by atoms with van der Waals surface area (Å²) in [5.41, 5.74) is 1.06. The molecule has 1 N–H and O–H groups in total. The summed E-state index contributed by atoms with van der Waals surface area (Å²) in [5, 5.41) is 11.5. The number of hydrogen-bond donors (Lipinski definition) is 1. The van der Waals surface area contributed by atoms with E-state index in [9.17, 15) is 0 Å². The van der Waals surface area contributed by atoms with Crippen LogP contribution in [0.5, 0.6) is 11.5 Å². The Hall–Kier alpha value is -1.79. The van der Waals surface area contributed by atoms with Crippen LogP contribution in [0.15, 0.2) is 24.5 Å². The van der Waals surface area contributed by atoms with Crippen LogP contribution in [0.25, 0.3) is 0 Å². The summed E-state index contributed by atoms with van der Waals surface area (Å²) < 4.78 is 12.4. The van der Waals surface area contributed by atoms with Crippen molar-refractivity contribution in [1.82, 2.24) is 20.3 Å². The van der Waals surface area contributed by atoms with Crippen molar-refractivity contribution in [1.29, 1.82) is 0 Å². The van der Waals surface area contributed by atoms with E-state index in [4.69, 9.17) is 21.1 Å². The van der Waals surface area contributed by atoms with Gasteiger partial charge in [0.15, 0.2) is 11.5 Å². The molecule has 0 unspecified atom stereocenters. The van der Waals surface area contributed by atoms with Crippen molar-refractivity contribution < 1.29 is 9.47 Å². The lowest BCUT2D eigenvalue weighted by molar-refractivity contribution is 0.174. The molecule has 2 heterocycles. The van der Waals surface area contributed by atoms with Crippen molar-refractivity contribution in [2.45, 2.75) is 13.1 Å². The lowest BCUT2D eigenvalue weighted by atomic mass is 10.2. The van der Waals surface area contributed by atoms with Crippen molar-refractivity contribution in [2.75, 3.05) is 13.3 Å². The van der Waals surface area contributed by atoms with Crippen molar-refractivity contribution in [3.8, 4) is 11.5 Å². The maximum atomic E-state index is 6.11. The second-order valence-electron chi connectivity index (χ2n) is 4.15. The smallest absolute Gasteiger partial charge is 0.231 e. The number of hydrogen-bond acceptors (Lipinski definition) is 5. The Morgan fingerprint density at radius 1 is 1.37 bits per heavy atom. The second kappa shape index (κ2) is 5.46. The van der Waals surface area contributed by atoms with Gasteiger partial charge in [-0.15, -0.1) is 5.10 Å². The monoisotopic (exact) mass is 280 g/mol. The second-order valence-corrected chi connectivity index (χ2v) is 4.56. The maximum absolute atomic E-state index is 6.11. The number of ether oxygens (including phenoxy) is 2. The topological polar surface area (TPSA) is 61.2 Å². The molecular formula is C12H13ClN4O2. The van der Waals surface area contributed by atoms with Gasteiger partial charge in [-0.2, -0.15) is 0 Å². The van der Waals surface area contributed by atoms with Crippen LogP contribution in [-0.4, -0.2) is 28.3 Å².